The second kappa shape index (κ2) is 7.28. The van der Waals surface area contributed by atoms with Gasteiger partial charge in [-0.25, -0.2) is 4.79 Å². The van der Waals surface area contributed by atoms with Crippen molar-refractivity contribution >= 4 is 17.6 Å². The molecule has 0 radical (unpaired) electrons. The number of benzene rings is 2. The third kappa shape index (κ3) is 3.64. The molecule has 2 nitrogen and oxygen atoms in total. The van der Waals surface area contributed by atoms with Gasteiger partial charge in [0.2, 0.25) is 0 Å². The predicted octanol–water partition coefficient (Wildman–Crippen LogP) is 5.13. The number of carboxylic acid groups (broad SMARTS) is 1. The number of hydrogen-bond acceptors (Lipinski definition) is 1. The van der Waals surface area contributed by atoms with Crippen LogP contribution in [0.4, 0.5) is 0 Å². The highest BCUT2D eigenvalue weighted by Crippen LogP contribution is 2.30. The molecule has 0 bridgehead atoms. The number of aromatic carboxylic acids is 1. The second-order valence-electron chi connectivity index (χ2n) is 5.08. The van der Waals surface area contributed by atoms with Crippen LogP contribution in [0.3, 0.4) is 0 Å². The zero-order chi connectivity index (χ0) is 15.2. The largest absolute Gasteiger partial charge is 0.478 e. The molecule has 0 fully saturated rings. The summed E-state index contributed by atoms with van der Waals surface area (Å²) in [6.07, 6.45) is 3.16. The standard InChI is InChI=1S/C18H19ClO2/c1-2-3-6-14-7-4-5-8-15(14)17-11-13(12-19)9-10-16(17)18(20)21/h4-5,7-11H,2-3,6,12H2,1H3,(H,20,21). The molecule has 0 aromatic heterocycles. The number of halogens is 1. The van der Waals surface area contributed by atoms with Gasteiger partial charge in [-0.05, 0) is 47.2 Å². The molecule has 0 saturated carbocycles. The van der Waals surface area contributed by atoms with E-state index in [9.17, 15) is 9.90 Å². The molecule has 2 aromatic carbocycles. The molecule has 3 heteroatoms. The van der Waals surface area contributed by atoms with Crippen molar-refractivity contribution in [3.05, 3.63) is 59.2 Å². The Morgan fingerprint density at radius 2 is 1.90 bits per heavy atom. The van der Waals surface area contributed by atoms with E-state index < -0.39 is 5.97 Å². The lowest BCUT2D eigenvalue weighted by atomic mass is 9.92. The summed E-state index contributed by atoms with van der Waals surface area (Å²) in [5.74, 6) is -0.527. The van der Waals surface area contributed by atoms with Crippen molar-refractivity contribution < 1.29 is 9.90 Å². The fraction of sp³-hybridized carbons (Fsp3) is 0.278. The molecule has 21 heavy (non-hydrogen) atoms. The lowest BCUT2D eigenvalue weighted by Crippen LogP contribution is -2.02. The Morgan fingerprint density at radius 1 is 1.14 bits per heavy atom. The number of hydrogen-bond donors (Lipinski definition) is 1. The van der Waals surface area contributed by atoms with Crippen LogP contribution in [0.15, 0.2) is 42.5 Å². The van der Waals surface area contributed by atoms with E-state index >= 15 is 0 Å². The first-order chi connectivity index (χ1) is 10.2. The Hall–Kier alpha value is -1.80. The molecule has 2 aromatic rings. The van der Waals surface area contributed by atoms with Crippen molar-refractivity contribution in [1.82, 2.24) is 0 Å². The minimum atomic E-state index is -0.906. The number of carbonyl (C=O) groups is 1. The summed E-state index contributed by atoms with van der Waals surface area (Å²) < 4.78 is 0. The Kier molecular flexibility index (Phi) is 5.40. The van der Waals surface area contributed by atoms with Crippen LogP contribution in [0.5, 0.6) is 0 Å². The summed E-state index contributed by atoms with van der Waals surface area (Å²) in [5.41, 5.74) is 4.20. The molecule has 0 aliphatic carbocycles. The lowest BCUT2D eigenvalue weighted by molar-refractivity contribution is 0.0697. The fourth-order valence-electron chi connectivity index (χ4n) is 2.45. The third-order valence-corrected chi connectivity index (χ3v) is 3.88. The minimum Gasteiger partial charge on any atom is -0.478 e. The first-order valence-electron chi connectivity index (χ1n) is 7.17. The second-order valence-corrected chi connectivity index (χ2v) is 5.35. The van der Waals surface area contributed by atoms with E-state index in [-0.39, 0.29) is 0 Å². The summed E-state index contributed by atoms with van der Waals surface area (Å²) in [4.78, 5) is 11.5. The van der Waals surface area contributed by atoms with Gasteiger partial charge in [-0.1, -0.05) is 43.7 Å². The van der Waals surface area contributed by atoms with Gasteiger partial charge in [0.05, 0.1) is 5.56 Å². The molecule has 0 heterocycles. The van der Waals surface area contributed by atoms with Crippen LogP contribution in [0, 0.1) is 0 Å². The van der Waals surface area contributed by atoms with Gasteiger partial charge in [-0.2, -0.15) is 0 Å². The average molecular weight is 303 g/mol. The first-order valence-corrected chi connectivity index (χ1v) is 7.71. The van der Waals surface area contributed by atoms with E-state index in [1.165, 1.54) is 5.56 Å². The van der Waals surface area contributed by atoms with Crippen molar-refractivity contribution in [2.45, 2.75) is 32.1 Å². The van der Waals surface area contributed by atoms with Gasteiger partial charge >= 0.3 is 5.97 Å². The summed E-state index contributed by atoms with van der Waals surface area (Å²) in [6.45, 7) is 2.15. The van der Waals surface area contributed by atoms with Gasteiger partial charge < -0.3 is 5.11 Å². The molecule has 0 aliphatic rings. The Labute approximate surface area is 130 Å². The highest BCUT2D eigenvalue weighted by molar-refractivity contribution is 6.17. The van der Waals surface area contributed by atoms with Gasteiger partial charge in [0.1, 0.15) is 0 Å². The molecule has 110 valence electrons. The Bertz CT molecular complexity index is 635. The molecular weight excluding hydrogens is 284 g/mol. The molecule has 0 unspecified atom stereocenters. The first kappa shape index (κ1) is 15.6. The molecular formula is C18H19ClO2. The molecule has 1 N–H and O–H groups in total. The van der Waals surface area contributed by atoms with E-state index in [0.717, 1.165) is 36.0 Å². The quantitative estimate of drug-likeness (QED) is 0.751. The van der Waals surface area contributed by atoms with Crippen molar-refractivity contribution in [2.24, 2.45) is 0 Å². The monoisotopic (exact) mass is 302 g/mol. The molecule has 0 atom stereocenters. The van der Waals surface area contributed by atoms with Gasteiger partial charge in [-0.3, -0.25) is 0 Å². The maximum atomic E-state index is 11.5. The smallest absolute Gasteiger partial charge is 0.336 e. The van der Waals surface area contributed by atoms with E-state index in [4.69, 9.17) is 11.6 Å². The zero-order valence-electron chi connectivity index (χ0n) is 12.1. The molecule has 2 rings (SSSR count). The maximum absolute atomic E-state index is 11.5. The molecule has 0 saturated heterocycles. The maximum Gasteiger partial charge on any atom is 0.336 e. The van der Waals surface area contributed by atoms with Crippen molar-refractivity contribution in [2.75, 3.05) is 0 Å². The van der Waals surface area contributed by atoms with Gasteiger partial charge in [0.15, 0.2) is 0 Å². The Morgan fingerprint density at radius 3 is 2.57 bits per heavy atom. The van der Waals surface area contributed by atoms with Crippen LogP contribution in [-0.4, -0.2) is 11.1 Å². The van der Waals surface area contributed by atoms with Crippen molar-refractivity contribution in [3.8, 4) is 11.1 Å². The van der Waals surface area contributed by atoms with E-state index in [0.29, 0.717) is 11.4 Å². The van der Waals surface area contributed by atoms with Crippen LogP contribution in [0.2, 0.25) is 0 Å². The number of alkyl halides is 1. The molecule has 0 spiro atoms. The van der Waals surface area contributed by atoms with Crippen LogP contribution < -0.4 is 0 Å². The molecule has 0 aliphatic heterocycles. The van der Waals surface area contributed by atoms with Gasteiger partial charge in [-0.15, -0.1) is 11.6 Å². The number of rotatable bonds is 6. The highest BCUT2D eigenvalue weighted by atomic mass is 35.5. The number of unbranched alkanes of at least 4 members (excludes halogenated alkanes) is 1. The van der Waals surface area contributed by atoms with Gasteiger partial charge in [0, 0.05) is 5.88 Å². The summed E-state index contributed by atoms with van der Waals surface area (Å²) >= 11 is 5.89. The van der Waals surface area contributed by atoms with E-state index in [1.54, 1.807) is 12.1 Å². The summed E-state index contributed by atoms with van der Waals surface area (Å²) in [5, 5.41) is 9.42. The van der Waals surface area contributed by atoms with Crippen molar-refractivity contribution in [1.29, 1.82) is 0 Å². The average Bonchev–Trinajstić information content (AvgIpc) is 2.52. The Balaban J connectivity index is 2.56. The molecule has 0 amide bonds. The highest BCUT2D eigenvalue weighted by Gasteiger charge is 2.14. The zero-order valence-corrected chi connectivity index (χ0v) is 12.9. The van der Waals surface area contributed by atoms with Crippen LogP contribution >= 0.6 is 11.6 Å². The normalized spacial score (nSPS) is 10.6. The van der Waals surface area contributed by atoms with Crippen molar-refractivity contribution in [3.63, 3.8) is 0 Å². The number of aryl methyl sites for hydroxylation is 1. The van der Waals surface area contributed by atoms with Crippen LogP contribution in [-0.2, 0) is 12.3 Å². The van der Waals surface area contributed by atoms with Crippen LogP contribution in [0.25, 0.3) is 11.1 Å². The van der Waals surface area contributed by atoms with Gasteiger partial charge in [0.25, 0.3) is 0 Å². The summed E-state index contributed by atoms with van der Waals surface area (Å²) in [7, 11) is 0. The fourth-order valence-corrected chi connectivity index (χ4v) is 2.62. The lowest BCUT2D eigenvalue weighted by Gasteiger charge is -2.13. The SMILES string of the molecule is CCCCc1ccccc1-c1cc(CCl)ccc1C(=O)O. The summed E-state index contributed by atoms with van der Waals surface area (Å²) in [6, 6.07) is 13.3. The minimum absolute atomic E-state index is 0.327. The van der Waals surface area contributed by atoms with Crippen LogP contribution in [0.1, 0.15) is 41.3 Å². The topological polar surface area (TPSA) is 37.3 Å². The predicted molar refractivity (Wildman–Crippen MR) is 87.0 cm³/mol. The number of carboxylic acids is 1. The van der Waals surface area contributed by atoms with E-state index in [1.807, 2.05) is 24.3 Å². The third-order valence-electron chi connectivity index (χ3n) is 3.58. The van der Waals surface area contributed by atoms with E-state index in [2.05, 4.69) is 13.0 Å².